The van der Waals surface area contributed by atoms with E-state index < -0.39 is 16.8 Å². The van der Waals surface area contributed by atoms with Crippen molar-refractivity contribution in [2.75, 3.05) is 5.75 Å². The van der Waals surface area contributed by atoms with Crippen molar-refractivity contribution in [1.82, 2.24) is 0 Å². The number of carboxylic acids is 1. The van der Waals surface area contributed by atoms with Crippen LogP contribution in [0.4, 0.5) is 0 Å². The molecule has 0 radical (unpaired) electrons. The first-order valence-corrected chi connectivity index (χ1v) is 6.66. The average Bonchev–Trinajstić information content (AvgIpc) is 2.29. The van der Waals surface area contributed by atoms with Gasteiger partial charge in [-0.15, -0.1) is 0 Å². The van der Waals surface area contributed by atoms with Crippen molar-refractivity contribution >= 4 is 16.8 Å². The number of benzene rings is 1. The monoisotopic (exact) mass is 251 g/mol. The number of carboxylic acid groups (broad SMARTS) is 1. The van der Waals surface area contributed by atoms with Gasteiger partial charge in [0, 0.05) is 28.7 Å². The van der Waals surface area contributed by atoms with Crippen LogP contribution in [-0.2, 0) is 21.3 Å². The van der Waals surface area contributed by atoms with Crippen molar-refractivity contribution in [3.05, 3.63) is 35.4 Å². The first-order valence-electron chi connectivity index (χ1n) is 5.17. The van der Waals surface area contributed by atoms with Crippen LogP contribution in [0.3, 0.4) is 0 Å². The fourth-order valence-corrected chi connectivity index (χ4v) is 2.49. The van der Waals surface area contributed by atoms with E-state index in [0.717, 1.165) is 5.56 Å². The molecule has 0 aliphatic carbocycles. The van der Waals surface area contributed by atoms with Crippen molar-refractivity contribution in [2.45, 2.75) is 18.6 Å². The van der Waals surface area contributed by atoms with Crippen molar-refractivity contribution in [2.24, 2.45) is 0 Å². The lowest BCUT2D eigenvalue weighted by molar-refractivity contribution is -0.137. The molecule has 90 valence electrons. The van der Waals surface area contributed by atoms with E-state index in [1.165, 1.54) is 0 Å². The van der Waals surface area contributed by atoms with E-state index in [-0.39, 0.29) is 6.42 Å². The van der Waals surface area contributed by atoms with Gasteiger partial charge < -0.3 is 5.11 Å². The van der Waals surface area contributed by atoms with Crippen LogP contribution in [-0.4, -0.2) is 21.0 Å². The summed E-state index contributed by atoms with van der Waals surface area (Å²) < 4.78 is 11.6. The van der Waals surface area contributed by atoms with Crippen LogP contribution in [0.25, 0.3) is 0 Å². The van der Waals surface area contributed by atoms with Crippen LogP contribution in [0.5, 0.6) is 0 Å². The highest BCUT2D eigenvalue weighted by atomic mass is 32.2. The minimum absolute atomic E-state index is 0.0547. The number of aliphatic carboxylic acids is 1. The van der Waals surface area contributed by atoms with Gasteiger partial charge in [-0.2, -0.15) is 5.26 Å². The number of rotatable bonds is 6. The van der Waals surface area contributed by atoms with E-state index in [4.69, 9.17) is 10.4 Å². The molecule has 0 aliphatic rings. The summed E-state index contributed by atoms with van der Waals surface area (Å²) in [4.78, 5) is 10.3. The lowest BCUT2D eigenvalue weighted by atomic mass is 10.2. The van der Waals surface area contributed by atoms with Crippen molar-refractivity contribution < 1.29 is 14.1 Å². The third kappa shape index (κ3) is 5.27. The molecule has 1 aromatic carbocycles. The normalized spacial score (nSPS) is 11.7. The van der Waals surface area contributed by atoms with Gasteiger partial charge in [-0.1, -0.05) is 12.1 Å². The average molecular weight is 251 g/mol. The van der Waals surface area contributed by atoms with Gasteiger partial charge in [0.25, 0.3) is 0 Å². The fourth-order valence-electron chi connectivity index (χ4n) is 1.32. The molecule has 0 fully saturated rings. The number of hydrogen-bond acceptors (Lipinski definition) is 3. The Morgan fingerprint density at radius 2 is 2.00 bits per heavy atom. The minimum atomic E-state index is -1.04. The summed E-state index contributed by atoms with van der Waals surface area (Å²) in [5.41, 5.74) is 1.48. The molecule has 1 rings (SSSR count). The van der Waals surface area contributed by atoms with Gasteiger partial charge in [0.1, 0.15) is 0 Å². The van der Waals surface area contributed by atoms with E-state index in [0.29, 0.717) is 23.5 Å². The first kappa shape index (κ1) is 13.4. The zero-order valence-electron chi connectivity index (χ0n) is 9.26. The predicted octanol–water partition coefficient (Wildman–Crippen LogP) is 1.67. The molecule has 0 aliphatic heterocycles. The Bertz CT molecular complexity index is 448. The first-order chi connectivity index (χ1) is 8.11. The van der Waals surface area contributed by atoms with E-state index in [1.807, 2.05) is 6.07 Å². The molecule has 5 heteroatoms. The maximum absolute atomic E-state index is 11.6. The third-order valence-electron chi connectivity index (χ3n) is 2.17. The summed E-state index contributed by atoms with van der Waals surface area (Å²) in [6, 6.07) is 8.92. The standard InChI is InChI=1S/C12H13NO3S/c13-8-10-3-5-11(6-4-10)9-17(16)7-1-2-12(14)15/h3-6H,1-2,7,9H2,(H,14,15). The lowest BCUT2D eigenvalue weighted by Gasteiger charge is -2.01. The van der Waals surface area contributed by atoms with Crippen molar-refractivity contribution in [3.8, 4) is 6.07 Å². The van der Waals surface area contributed by atoms with E-state index in [2.05, 4.69) is 0 Å². The van der Waals surface area contributed by atoms with Gasteiger partial charge in [0.15, 0.2) is 0 Å². The van der Waals surface area contributed by atoms with Gasteiger partial charge >= 0.3 is 5.97 Å². The zero-order chi connectivity index (χ0) is 12.7. The summed E-state index contributed by atoms with van der Waals surface area (Å²) in [7, 11) is -1.04. The molecule has 1 unspecified atom stereocenters. The Hall–Kier alpha value is -1.67. The van der Waals surface area contributed by atoms with Crippen LogP contribution in [0, 0.1) is 11.3 Å². The van der Waals surface area contributed by atoms with Crippen LogP contribution in [0.15, 0.2) is 24.3 Å². The molecule has 0 amide bonds. The molecule has 17 heavy (non-hydrogen) atoms. The summed E-state index contributed by atoms with van der Waals surface area (Å²) in [5.74, 6) is -0.0576. The number of nitrogens with zero attached hydrogens (tertiary/aromatic N) is 1. The lowest BCUT2D eigenvalue weighted by Crippen LogP contribution is -2.04. The van der Waals surface area contributed by atoms with Gasteiger partial charge in [-0.05, 0) is 24.1 Å². The van der Waals surface area contributed by atoms with E-state index >= 15 is 0 Å². The topological polar surface area (TPSA) is 78.2 Å². The SMILES string of the molecule is N#Cc1ccc(CS(=O)CCCC(=O)O)cc1. The molecule has 1 atom stereocenters. The highest BCUT2D eigenvalue weighted by Gasteiger charge is 2.04. The van der Waals surface area contributed by atoms with Gasteiger partial charge in [0.05, 0.1) is 11.6 Å². The predicted molar refractivity (Wildman–Crippen MR) is 64.7 cm³/mol. The molecule has 0 saturated heterocycles. The Morgan fingerprint density at radius 1 is 1.35 bits per heavy atom. The number of nitriles is 1. The Morgan fingerprint density at radius 3 is 2.53 bits per heavy atom. The summed E-state index contributed by atoms with van der Waals surface area (Å²) >= 11 is 0. The largest absolute Gasteiger partial charge is 0.481 e. The zero-order valence-corrected chi connectivity index (χ0v) is 10.1. The van der Waals surface area contributed by atoms with Gasteiger partial charge in [-0.3, -0.25) is 9.00 Å². The van der Waals surface area contributed by atoms with Crippen LogP contribution in [0.2, 0.25) is 0 Å². The molecule has 0 heterocycles. The highest BCUT2D eigenvalue weighted by molar-refractivity contribution is 7.84. The minimum Gasteiger partial charge on any atom is -0.481 e. The quantitative estimate of drug-likeness (QED) is 0.834. The molecule has 0 spiro atoms. The fraction of sp³-hybridized carbons (Fsp3) is 0.333. The molecule has 1 aromatic rings. The van der Waals surface area contributed by atoms with Crippen LogP contribution in [0.1, 0.15) is 24.0 Å². The van der Waals surface area contributed by atoms with Gasteiger partial charge in [-0.25, -0.2) is 0 Å². The summed E-state index contributed by atoms with van der Waals surface area (Å²) in [6.45, 7) is 0. The van der Waals surface area contributed by atoms with Gasteiger partial charge in [0.2, 0.25) is 0 Å². The highest BCUT2D eigenvalue weighted by Crippen LogP contribution is 2.07. The Kier molecular flexibility index (Phi) is 5.37. The summed E-state index contributed by atoms with van der Waals surface area (Å²) in [5, 5.41) is 17.1. The number of carbonyl (C=O) groups is 1. The maximum atomic E-state index is 11.6. The smallest absolute Gasteiger partial charge is 0.303 e. The second-order valence-electron chi connectivity index (χ2n) is 3.59. The third-order valence-corrected chi connectivity index (χ3v) is 3.57. The van der Waals surface area contributed by atoms with Crippen LogP contribution < -0.4 is 0 Å². The van der Waals surface area contributed by atoms with Crippen LogP contribution >= 0.6 is 0 Å². The number of hydrogen-bond donors (Lipinski definition) is 1. The molecular formula is C12H13NO3S. The molecule has 0 bridgehead atoms. The van der Waals surface area contributed by atoms with E-state index in [1.54, 1.807) is 24.3 Å². The van der Waals surface area contributed by atoms with Crippen molar-refractivity contribution in [3.63, 3.8) is 0 Å². The van der Waals surface area contributed by atoms with E-state index in [9.17, 15) is 9.00 Å². The Labute approximate surface area is 102 Å². The summed E-state index contributed by atoms with van der Waals surface area (Å²) in [6.07, 6.45) is 0.483. The Balaban J connectivity index is 2.40. The molecule has 0 saturated carbocycles. The molecule has 4 nitrogen and oxygen atoms in total. The molecule has 0 aromatic heterocycles. The second kappa shape index (κ2) is 6.81. The van der Waals surface area contributed by atoms with Crippen molar-refractivity contribution in [1.29, 1.82) is 5.26 Å². The second-order valence-corrected chi connectivity index (χ2v) is 5.17. The maximum Gasteiger partial charge on any atom is 0.303 e. The molecule has 1 N–H and O–H groups in total. The molecular weight excluding hydrogens is 238 g/mol.